The summed E-state index contributed by atoms with van der Waals surface area (Å²) in [5, 5.41) is 0. The van der Waals surface area contributed by atoms with Gasteiger partial charge in [-0.3, -0.25) is 0 Å². The van der Waals surface area contributed by atoms with Gasteiger partial charge in [0, 0.05) is 17.2 Å². The summed E-state index contributed by atoms with van der Waals surface area (Å²) in [5.74, 6) is 0. The molecule has 0 atom stereocenters. The molecule has 1 aliphatic rings. The van der Waals surface area contributed by atoms with Gasteiger partial charge in [0.05, 0.1) is 0 Å². The van der Waals surface area contributed by atoms with Gasteiger partial charge in [-0.1, -0.05) is 17.7 Å². The summed E-state index contributed by atoms with van der Waals surface area (Å²) >= 11 is 0. The van der Waals surface area contributed by atoms with E-state index in [2.05, 4.69) is 55.9 Å². The molecule has 0 aliphatic heterocycles. The first-order valence-electron chi connectivity index (χ1n) is 7.24. The van der Waals surface area contributed by atoms with E-state index in [1.54, 1.807) is 11.1 Å². The molecule has 2 aromatic rings. The second-order valence-electron chi connectivity index (χ2n) is 5.85. The number of benzene rings is 1. The van der Waals surface area contributed by atoms with Crippen molar-refractivity contribution < 1.29 is 4.57 Å². The molecule has 0 saturated carbocycles. The number of aromatic nitrogens is 1. The quantitative estimate of drug-likeness (QED) is 0.682. The highest BCUT2D eigenvalue weighted by molar-refractivity contribution is 5.62. The number of pyridine rings is 1. The highest BCUT2D eigenvalue weighted by Gasteiger charge is 2.19. The van der Waals surface area contributed by atoms with Crippen molar-refractivity contribution in [2.75, 3.05) is 0 Å². The topological polar surface area (TPSA) is 3.88 Å². The predicted molar refractivity (Wildman–Crippen MR) is 79.2 cm³/mol. The van der Waals surface area contributed by atoms with Crippen molar-refractivity contribution in [2.45, 2.75) is 39.5 Å². The number of nitrogens with zero attached hydrogens (tertiary/aromatic N) is 1. The molecule has 0 bridgehead atoms. The summed E-state index contributed by atoms with van der Waals surface area (Å²) in [4.78, 5) is 0. The molecule has 19 heavy (non-hydrogen) atoms. The van der Waals surface area contributed by atoms with E-state index in [-0.39, 0.29) is 0 Å². The van der Waals surface area contributed by atoms with Gasteiger partial charge in [0.1, 0.15) is 7.05 Å². The Morgan fingerprint density at radius 3 is 2.42 bits per heavy atom. The van der Waals surface area contributed by atoms with Crippen LogP contribution in [-0.4, -0.2) is 0 Å². The van der Waals surface area contributed by atoms with Gasteiger partial charge >= 0.3 is 0 Å². The summed E-state index contributed by atoms with van der Waals surface area (Å²) in [5.41, 5.74) is 8.51. The number of fused-ring (bicyclic) bond motifs is 1. The molecule has 0 amide bonds. The molecule has 0 N–H and O–H groups in total. The molecular weight excluding hydrogens is 230 g/mol. The van der Waals surface area contributed by atoms with Crippen LogP contribution in [0.4, 0.5) is 0 Å². The lowest BCUT2D eigenvalue weighted by Gasteiger charge is -2.15. The van der Waals surface area contributed by atoms with Crippen molar-refractivity contribution >= 4 is 0 Å². The van der Waals surface area contributed by atoms with E-state index in [4.69, 9.17) is 0 Å². The van der Waals surface area contributed by atoms with Gasteiger partial charge < -0.3 is 0 Å². The van der Waals surface area contributed by atoms with Crippen molar-refractivity contribution in [2.24, 2.45) is 7.05 Å². The fourth-order valence-electron chi connectivity index (χ4n) is 3.20. The summed E-state index contributed by atoms with van der Waals surface area (Å²) in [7, 11) is 2.17. The van der Waals surface area contributed by atoms with Crippen LogP contribution < -0.4 is 4.57 Å². The fraction of sp³-hybridized carbons (Fsp3) is 0.389. The van der Waals surface area contributed by atoms with E-state index in [0.717, 1.165) is 0 Å². The van der Waals surface area contributed by atoms with Crippen LogP contribution in [0.25, 0.3) is 11.3 Å². The number of hydrogen-bond acceptors (Lipinski definition) is 0. The van der Waals surface area contributed by atoms with Gasteiger partial charge in [0.25, 0.3) is 0 Å². The highest BCUT2D eigenvalue weighted by Crippen LogP contribution is 2.26. The minimum atomic E-state index is 1.24. The van der Waals surface area contributed by atoms with Crippen molar-refractivity contribution in [1.82, 2.24) is 0 Å². The Morgan fingerprint density at radius 1 is 0.947 bits per heavy atom. The highest BCUT2D eigenvalue weighted by atomic mass is 14.9. The minimum Gasteiger partial charge on any atom is -0.201 e. The first-order chi connectivity index (χ1) is 9.15. The summed E-state index contributed by atoms with van der Waals surface area (Å²) in [6.07, 6.45) is 7.51. The smallest absolute Gasteiger partial charge is 0.201 e. The predicted octanol–water partition coefficient (Wildman–Crippen LogP) is 3.67. The van der Waals surface area contributed by atoms with Crippen molar-refractivity contribution in [1.29, 1.82) is 0 Å². The second-order valence-corrected chi connectivity index (χ2v) is 5.85. The van der Waals surface area contributed by atoms with Gasteiger partial charge in [-0.2, -0.15) is 0 Å². The molecule has 1 heteroatoms. The van der Waals surface area contributed by atoms with Crippen LogP contribution in [0, 0.1) is 13.8 Å². The van der Waals surface area contributed by atoms with Crippen LogP contribution in [0.3, 0.4) is 0 Å². The normalized spacial score (nSPS) is 14.3. The first kappa shape index (κ1) is 12.4. The Hall–Kier alpha value is -1.63. The molecule has 0 radical (unpaired) electrons. The first-order valence-corrected chi connectivity index (χ1v) is 7.24. The number of aryl methyl sites for hydroxylation is 5. The summed E-state index contributed by atoms with van der Waals surface area (Å²) in [6, 6.07) is 9.15. The fourth-order valence-corrected chi connectivity index (χ4v) is 3.20. The summed E-state index contributed by atoms with van der Waals surface area (Å²) < 4.78 is 2.29. The minimum absolute atomic E-state index is 1.24. The lowest BCUT2D eigenvalue weighted by molar-refractivity contribution is -0.660. The lowest BCUT2D eigenvalue weighted by Crippen LogP contribution is -2.32. The van der Waals surface area contributed by atoms with Gasteiger partial charge in [0.2, 0.25) is 5.69 Å². The third-order valence-electron chi connectivity index (χ3n) is 4.25. The van der Waals surface area contributed by atoms with Crippen LogP contribution in [-0.2, 0) is 19.9 Å². The Balaban J connectivity index is 2.14. The van der Waals surface area contributed by atoms with E-state index in [1.807, 2.05) is 0 Å². The van der Waals surface area contributed by atoms with Crippen LogP contribution in [0.2, 0.25) is 0 Å². The number of rotatable bonds is 1. The largest absolute Gasteiger partial charge is 0.212 e. The van der Waals surface area contributed by atoms with Crippen LogP contribution >= 0.6 is 0 Å². The molecule has 0 unspecified atom stereocenters. The van der Waals surface area contributed by atoms with Crippen molar-refractivity contribution in [3.8, 4) is 11.3 Å². The monoisotopic (exact) mass is 252 g/mol. The van der Waals surface area contributed by atoms with E-state index in [0.29, 0.717) is 0 Å². The van der Waals surface area contributed by atoms with Gasteiger partial charge in [-0.25, -0.2) is 4.57 Å². The Bertz CT molecular complexity index is 626. The molecule has 3 rings (SSSR count). The van der Waals surface area contributed by atoms with Gasteiger partial charge in [-0.15, -0.1) is 0 Å². The molecule has 0 saturated heterocycles. The summed E-state index contributed by atoms with van der Waals surface area (Å²) in [6.45, 7) is 4.37. The zero-order chi connectivity index (χ0) is 13.4. The molecule has 1 aliphatic carbocycles. The van der Waals surface area contributed by atoms with E-state index in [1.165, 1.54) is 48.1 Å². The molecule has 1 heterocycles. The molecule has 1 aromatic heterocycles. The SMILES string of the molecule is Cc1ccc(-c2cc3c(c[n+]2C)CCCC3)c(C)c1. The maximum absolute atomic E-state index is 2.41. The Morgan fingerprint density at radius 2 is 1.68 bits per heavy atom. The molecule has 1 aromatic carbocycles. The molecule has 0 spiro atoms. The van der Waals surface area contributed by atoms with Gasteiger partial charge in [-0.05, 0) is 56.7 Å². The molecular formula is C18H22N+. The lowest BCUT2D eigenvalue weighted by atomic mass is 9.91. The molecule has 0 fully saturated rings. The molecule has 98 valence electrons. The second kappa shape index (κ2) is 4.80. The average molecular weight is 252 g/mol. The Kier molecular flexibility index (Phi) is 3.14. The average Bonchev–Trinajstić information content (AvgIpc) is 2.38. The van der Waals surface area contributed by atoms with Crippen molar-refractivity contribution in [3.05, 3.63) is 52.7 Å². The third-order valence-corrected chi connectivity index (χ3v) is 4.25. The van der Waals surface area contributed by atoms with Crippen LogP contribution in [0.1, 0.15) is 35.1 Å². The van der Waals surface area contributed by atoms with Gasteiger partial charge in [0.15, 0.2) is 6.20 Å². The van der Waals surface area contributed by atoms with Crippen molar-refractivity contribution in [3.63, 3.8) is 0 Å². The zero-order valence-electron chi connectivity index (χ0n) is 12.2. The van der Waals surface area contributed by atoms with Crippen LogP contribution in [0.5, 0.6) is 0 Å². The Labute approximate surface area is 115 Å². The van der Waals surface area contributed by atoms with Crippen LogP contribution in [0.15, 0.2) is 30.5 Å². The van der Waals surface area contributed by atoms with E-state index < -0.39 is 0 Å². The van der Waals surface area contributed by atoms with E-state index >= 15 is 0 Å². The maximum atomic E-state index is 2.41. The molecule has 1 nitrogen and oxygen atoms in total. The van der Waals surface area contributed by atoms with E-state index in [9.17, 15) is 0 Å². The number of hydrogen-bond donors (Lipinski definition) is 0. The standard InChI is InChI=1S/C18H22N/c1-13-8-9-17(14(2)10-13)18-11-15-6-4-5-7-16(15)12-19(18)3/h8-12H,4-7H2,1-3H3/q+1. The zero-order valence-corrected chi connectivity index (χ0v) is 12.2. The maximum Gasteiger partial charge on any atom is 0.212 e. The third kappa shape index (κ3) is 2.30.